The van der Waals surface area contributed by atoms with Crippen LogP contribution in [0, 0.1) is 19.7 Å². The maximum atomic E-state index is 13.8. The quantitative estimate of drug-likeness (QED) is 0.851. The highest BCUT2D eigenvalue weighted by Crippen LogP contribution is 2.21. The van der Waals surface area contributed by atoms with Gasteiger partial charge in [-0.2, -0.15) is 5.10 Å². The van der Waals surface area contributed by atoms with Gasteiger partial charge in [-0.25, -0.2) is 4.39 Å². The van der Waals surface area contributed by atoms with Crippen LogP contribution in [0.3, 0.4) is 0 Å². The third kappa shape index (κ3) is 2.78. The molecule has 110 valence electrons. The lowest BCUT2D eigenvalue weighted by Gasteiger charge is -2.11. The first-order valence-electron chi connectivity index (χ1n) is 6.22. The van der Waals surface area contributed by atoms with Crippen LogP contribution in [0.1, 0.15) is 27.3 Å². The molecule has 0 aliphatic carbocycles. The summed E-state index contributed by atoms with van der Waals surface area (Å²) in [6, 6.07) is 4.27. The number of nitrogens with one attached hydrogen (secondary N) is 1. The Labute approximate surface area is 126 Å². The second-order valence-corrected chi connectivity index (χ2v) is 5.09. The number of hydrogen-bond donors (Lipinski definition) is 2. The second kappa shape index (κ2) is 5.61. The fourth-order valence-corrected chi connectivity index (χ4v) is 2.37. The summed E-state index contributed by atoms with van der Waals surface area (Å²) >= 11 is 4.83. The van der Waals surface area contributed by atoms with Crippen LogP contribution in [0.2, 0.25) is 0 Å². The molecule has 3 N–H and O–H groups in total. The molecule has 0 spiro atoms. The molecule has 5 nitrogen and oxygen atoms in total. The Morgan fingerprint density at radius 3 is 2.57 bits per heavy atom. The van der Waals surface area contributed by atoms with Gasteiger partial charge in [-0.05, 0) is 26.0 Å². The Morgan fingerprint density at radius 1 is 1.38 bits per heavy atom. The van der Waals surface area contributed by atoms with Crippen LogP contribution in [-0.4, -0.2) is 20.7 Å². The highest BCUT2D eigenvalue weighted by molar-refractivity contribution is 7.80. The second-order valence-electron chi connectivity index (χ2n) is 4.65. The Morgan fingerprint density at radius 2 is 2.05 bits per heavy atom. The van der Waals surface area contributed by atoms with Crippen LogP contribution < -0.4 is 11.1 Å². The topological polar surface area (TPSA) is 72.9 Å². The lowest BCUT2D eigenvalue weighted by atomic mass is 10.1. The molecule has 2 rings (SSSR count). The summed E-state index contributed by atoms with van der Waals surface area (Å²) in [5.74, 6) is -0.943. The predicted octanol–water partition coefficient (Wildman–Crippen LogP) is 2.06. The van der Waals surface area contributed by atoms with Crippen LogP contribution in [0.25, 0.3) is 0 Å². The molecule has 0 fully saturated rings. The number of aryl methyl sites for hydroxylation is 2. The number of carbonyl (C=O) groups is 1. The van der Waals surface area contributed by atoms with Gasteiger partial charge in [0.25, 0.3) is 5.91 Å². The zero-order chi connectivity index (χ0) is 15.7. The van der Waals surface area contributed by atoms with E-state index in [1.165, 1.54) is 12.1 Å². The number of nitrogens with two attached hydrogens (primary N) is 1. The fraction of sp³-hybridized carbons (Fsp3) is 0.214. The van der Waals surface area contributed by atoms with Crippen molar-refractivity contribution in [1.29, 1.82) is 0 Å². The maximum absolute atomic E-state index is 13.8. The van der Waals surface area contributed by atoms with Gasteiger partial charge in [0.05, 0.1) is 22.5 Å². The highest BCUT2D eigenvalue weighted by atomic mass is 32.1. The first-order valence-corrected chi connectivity index (χ1v) is 6.63. The fourth-order valence-electron chi connectivity index (χ4n) is 2.17. The van der Waals surface area contributed by atoms with E-state index in [2.05, 4.69) is 10.4 Å². The number of carbonyl (C=O) groups excluding carboxylic acids is 1. The molecule has 0 bridgehead atoms. The molecular formula is C14H15FN4OS. The molecule has 1 aromatic heterocycles. The Bertz CT molecular complexity index is 739. The van der Waals surface area contributed by atoms with E-state index in [0.29, 0.717) is 11.3 Å². The minimum atomic E-state index is -0.570. The van der Waals surface area contributed by atoms with Crippen molar-refractivity contribution >= 4 is 28.8 Å². The van der Waals surface area contributed by atoms with E-state index in [-0.39, 0.29) is 22.1 Å². The summed E-state index contributed by atoms with van der Waals surface area (Å²) in [5, 5.41) is 6.82. The number of benzene rings is 1. The minimum absolute atomic E-state index is 0.0278. The largest absolute Gasteiger partial charge is 0.389 e. The van der Waals surface area contributed by atoms with Gasteiger partial charge in [0.1, 0.15) is 10.8 Å². The summed E-state index contributed by atoms with van der Waals surface area (Å²) in [6.45, 7) is 3.52. The van der Waals surface area contributed by atoms with Gasteiger partial charge >= 0.3 is 0 Å². The molecule has 1 amide bonds. The van der Waals surface area contributed by atoms with Crippen molar-refractivity contribution in [3.63, 3.8) is 0 Å². The SMILES string of the molecule is Cc1nn(C)c(C)c1C(=O)Nc1cccc(F)c1C(N)=S. The summed E-state index contributed by atoms with van der Waals surface area (Å²) in [5.41, 5.74) is 7.56. The number of anilines is 1. The average molecular weight is 306 g/mol. The van der Waals surface area contributed by atoms with Gasteiger partial charge in [0, 0.05) is 12.7 Å². The molecule has 21 heavy (non-hydrogen) atoms. The van der Waals surface area contributed by atoms with E-state index in [1.54, 1.807) is 31.6 Å². The number of amides is 1. The lowest BCUT2D eigenvalue weighted by Crippen LogP contribution is -2.20. The summed E-state index contributed by atoms with van der Waals surface area (Å²) in [6.07, 6.45) is 0. The van der Waals surface area contributed by atoms with E-state index in [4.69, 9.17) is 18.0 Å². The van der Waals surface area contributed by atoms with Crippen LogP contribution in [0.15, 0.2) is 18.2 Å². The standard InChI is InChI=1S/C14H15FN4OS/c1-7-11(8(2)19(3)18-7)14(20)17-10-6-4-5-9(15)12(10)13(16)21/h4-6H,1-3H3,(H2,16,21)(H,17,20). The molecule has 0 atom stereocenters. The predicted molar refractivity (Wildman–Crippen MR) is 82.9 cm³/mol. The van der Waals surface area contributed by atoms with Crippen LogP contribution in [0.4, 0.5) is 10.1 Å². The lowest BCUT2D eigenvalue weighted by molar-refractivity contribution is 0.102. The Hall–Kier alpha value is -2.28. The normalized spacial score (nSPS) is 10.5. The van der Waals surface area contributed by atoms with E-state index in [1.807, 2.05) is 0 Å². The molecule has 7 heteroatoms. The number of nitrogens with zero attached hydrogens (tertiary/aromatic N) is 2. The van der Waals surface area contributed by atoms with Crippen molar-refractivity contribution in [2.24, 2.45) is 12.8 Å². The zero-order valence-corrected chi connectivity index (χ0v) is 12.7. The van der Waals surface area contributed by atoms with Crippen LogP contribution in [0.5, 0.6) is 0 Å². The molecular weight excluding hydrogens is 291 g/mol. The molecule has 0 saturated heterocycles. The van der Waals surface area contributed by atoms with E-state index < -0.39 is 5.82 Å². The molecule has 1 heterocycles. The van der Waals surface area contributed by atoms with E-state index >= 15 is 0 Å². The van der Waals surface area contributed by atoms with Gasteiger partial charge in [-0.1, -0.05) is 18.3 Å². The van der Waals surface area contributed by atoms with Gasteiger partial charge in [0.2, 0.25) is 0 Å². The van der Waals surface area contributed by atoms with Crippen molar-refractivity contribution in [2.75, 3.05) is 5.32 Å². The van der Waals surface area contributed by atoms with Gasteiger partial charge in [-0.3, -0.25) is 9.48 Å². The average Bonchev–Trinajstić information content (AvgIpc) is 2.62. The molecule has 0 unspecified atom stereocenters. The number of thiocarbonyl (C=S) groups is 1. The Balaban J connectivity index is 2.41. The molecule has 0 saturated carbocycles. The highest BCUT2D eigenvalue weighted by Gasteiger charge is 2.20. The van der Waals surface area contributed by atoms with Crippen molar-refractivity contribution in [1.82, 2.24) is 9.78 Å². The summed E-state index contributed by atoms with van der Waals surface area (Å²) in [4.78, 5) is 12.3. The monoisotopic (exact) mass is 306 g/mol. The molecule has 1 aromatic carbocycles. The molecule has 0 radical (unpaired) electrons. The number of aromatic nitrogens is 2. The van der Waals surface area contributed by atoms with Crippen molar-refractivity contribution in [3.8, 4) is 0 Å². The van der Waals surface area contributed by atoms with E-state index in [9.17, 15) is 9.18 Å². The Kier molecular flexibility index (Phi) is 4.04. The van der Waals surface area contributed by atoms with Crippen molar-refractivity contribution in [2.45, 2.75) is 13.8 Å². The molecule has 0 aliphatic heterocycles. The third-order valence-electron chi connectivity index (χ3n) is 3.24. The van der Waals surface area contributed by atoms with Gasteiger partial charge < -0.3 is 11.1 Å². The smallest absolute Gasteiger partial charge is 0.259 e. The first-order chi connectivity index (χ1) is 9.82. The number of halogens is 1. The van der Waals surface area contributed by atoms with Crippen molar-refractivity contribution in [3.05, 3.63) is 46.5 Å². The third-order valence-corrected chi connectivity index (χ3v) is 3.45. The molecule has 2 aromatic rings. The van der Waals surface area contributed by atoms with Crippen molar-refractivity contribution < 1.29 is 9.18 Å². The van der Waals surface area contributed by atoms with Gasteiger partial charge in [0.15, 0.2) is 0 Å². The number of rotatable bonds is 3. The minimum Gasteiger partial charge on any atom is -0.389 e. The molecule has 0 aliphatic rings. The zero-order valence-electron chi connectivity index (χ0n) is 11.9. The first kappa shape index (κ1) is 15.1. The van der Waals surface area contributed by atoms with E-state index in [0.717, 1.165) is 5.69 Å². The maximum Gasteiger partial charge on any atom is 0.259 e. The summed E-state index contributed by atoms with van der Waals surface area (Å²) < 4.78 is 15.4. The summed E-state index contributed by atoms with van der Waals surface area (Å²) in [7, 11) is 1.75. The number of hydrogen-bond acceptors (Lipinski definition) is 3. The van der Waals surface area contributed by atoms with Gasteiger partial charge in [-0.15, -0.1) is 0 Å². The van der Waals surface area contributed by atoms with Crippen LogP contribution in [-0.2, 0) is 7.05 Å². The van der Waals surface area contributed by atoms with Crippen LogP contribution >= 0.6 is 12.2 Å².